The normalized spacial score (nSPS) is 27.4. The predicted molar refractivity (Wildman–Crippen MR) is 74.6 cm³/mol. The summed E-state index contributed by atoms with van der Waals surface area (Å²) in [5, 5.41) is 13.7. The molecule has 0 aliphatic carbocycles. The Balaban J connectivity index is 2.25. The van der Waals surface area contributed by atoms with E-state index in [1.54, 1.807) is 0 Å². The molecule has 0 aromatic heterocycles. The molecule has 8 nitrogen and oxygen atoms in total. The molecule has 2 rings (SSSR count). The van der Waals surface area contributed by atoms with Crippen molar-refractivity contribution in [3.8, 4) is 0 Å². The molecule has 114 valence electrons. The first kappa shape index (κ1) is 15.0. The molecule has 0 bridgehead atoms. The number of guanidine groups is 1. The quantitative estimate of drug-likeness (QED) is 0.546. The van der Waals surface area contributed by atoms with Crippen LogP contribution in [0, 0.1) is 10.1 Å². The Morgan fingerprint density at radius 3 is 2.60 bits per heavy atom. The van der Waals surface area contributed by atoms with Crippen molar-refractivity contribution in [1.82, 2.24) is 14.7 Å². The van der Waals surface area contributed by atoms with Crippen LogP contribution in [0.2, 0.25) is 0 Å². The summed E-state index contributed by atoms with van der Waals surface area (Å²) >= 11 is 0. The fraction of sp³-hybridized carbons (Fsp3) is 0.917. The SMILES string of the molecule is CN1CN(C(C)(C)C)CN(C2CCOC2)C1=N[N+](=O)[O-]. The van der Waals surface area contributed by atoms with Crippen LogP contribution in [0.5, 0.6) is 0 Å². The van der Waals surface area contributed by atoms with Gasteiger partial charge in [-0.05, 0) is 27.2 Å². The lowest BCUT2D eigenvalue weighted by Gasteiger charge is -2.48. The Morgan fingerprint density at radius 1 is 1.40 bits per heavy atom. The van der Waals surface area contributed by atoms with E-state index >= 15 is 0 Å². The number of ether oxygens (including phenoxy) is 1. The van der Waals surface area contributed by atoms with Crippen LogP contribution in [0.3, 0.4) is 0 Å². The Morgan fingerprint density at radius 2 is 2.10 bits per heavy atom. The van der Waals surface area contributed by atoms with Crippen molar-refractivity contribution in [2.24, 2.45) is 5.10 Å². The zero-order chi connectivity index (χ0) is 14.9. The number of nitrogens with zero attached hydrogens (tertiary/aromatic N) is 5. The third-order valence-corrected chi connectivity index (χ3v) is 3.77. The minimum atomic E-state index is -0.624. The third-order valence-electron chi connectivity index (χ3n) is 3.77. The van der Waals surface area contributed by atoms with Crippen molar-refractivity contribution in [2.45, 2.75) is 38.8 Å². The first-order chi connectivity index (χ1) is 9.29. The zero-order valence-corrected chi connectivity index (χ0v) is 12.6. The molecule has 0 radical (unpaired) electrons. The van der Waals surface area contributed by atoms with Gasteiger partial charge in [0, 0.05) is 19.2 Å². The van der Waals surface area contributed by atoms with Gasteiger partial charge in [0.05, 0.1) is 26.0 Å². The molecule has 2 aliphatic rings. The first-order valence-electron chi connectivity index (χ1n) is 6.82. The molecule has 1 unspecified atom stereocenters. The van der Waals surface area contributed by atoms with E-state index in [4.69, 9.17) is 4.74 Å². The van der Waals surface area contributed by atoms with Crippen LogP contribution in [-0.4, -0.2) is 70.9 Å². The van der Waals surface area contributed by atoms with Crippen LogP contribution < -0.4 is 0 Å². The van der Waals surface area contributed by atoms with Crippen LogP contribution in [0.15, 0.2) is 5.10 Å². The van der Waals surface area contributed by atoms with Gasteiger partial charge in [0.25, 0.3) is 5.96 Å². The van der Waals surface area contributed by atoms with Crippen LogP contribution in [0.4, 0.5) is 0 Å². The molecule has 2 fully saturated rings. The Labute approximate surface area is 119 Å². The van der Waals surface area contributed by atoms with Crippen molar-refractivity contribution in [2.75, 3.05) is 33.6 Å². The molecule has 0 N–H and O–H groups in total. The summed E-state index contributed by atoms with van der Waals surface area (Å²) in [7, 11) is 1.84. The molecular weight excluding hydrogens is 262 g/mol. The summed E-state index contributed by atoms with van der Waals surface area (Å²) in [6, 6.07) is 0.154. The standard InChI is InChI=1S/C12H23N5O3/c1-12(2,3)15-8-14(4)11(13-17(18)19)16(9-15)10-5-6-20-7-10/h10H,5-9H2,1-4H3. The average molecular weight is 285 g/mol. The van der Waals surface area contributed by atoms with Gasteiger partial charge in [-0.1, -0.05) is 0 Å². The van der Waals surface area contributed by atoms with Crippen molar-refractivity contribution in [3.63, 3.8) is 0 Å². The summed E-state index contributed by atoms with van der Waals surface area (Å²) < 4.78 is 5.42. The van der Waals surface area contributed by atoms with Crippen LogP contribution in [0.1, 0.15) is 27.2 Å². The van der Waals surface area contributed by atoms with E-state index in [0.29, 0.717) is 32.5 Å². The highest BCUT2D eigenvalue weighted by Crippen LogP contribution is 2.23. The van der Waals surface area contributed by atoms with Crippen molar-refractivity contribution in [3.05, 3.63) is 10.1 Å². The Hall–Kier alpha value is -1.41. The van der Waals surface area contributed by atoms with Gasteiger partial charge in [-0.25, -0.2) is 10.1 Å². The van der Waals surface area contributed by atoms with E-state index in [1.807, 2.05) is 16.8 Å². The maximum atomic E-state index is 10.8. The highest BCUT2D eigenvalue weighted by Gasteiger charge is 2.38. The zero-order valence-electron chi connectivity index (χ0n) is 12.6. The highest BCUT2D eigenvalue weighted by atomic mass is 16.7. The lowest BCUT2D eigenvalue weighted by molar-refractivity contribution is -0.486. The van der Waals surface area contributed by atoms with E-state index in [1.165, 1.54) is 0 Å². The summed E-state index contributed by atoms with van der Waals surface area (Å²) in [6.45, 7) is 8.98. The maximum Gasteiger partial charge on any atom is 0.276 e. The van der Waals surface area contributed by atoms with Crippen LogP contribution in [0.25, 0.3) is 0 Å². The van der Waals surface area contributed by atoms with E-state index in [2.05, 4.69) is 30.8 Å². The Bertz CT molecular complexity index is 400. The van der Waals surface area contributed by atoms with Crippen molar-refractivity contribution in [1.29, 1.82) is 0 Å². The van der Waals surface area contributed by atoms with Crippen molar-refractivity contribution >= 4 is 5.96 Å². The van der Waals surface area contributed by atoms with Gasteiger partial charge in [0.1, 0.15) is 5.10 Å². The second-order valence-corrected chi connectivity index (χ2v) is 6.32. The summed E-state index contributed by atoms with van der Waals surface area (Å²) in [5.41, 5.74) is -0.00782. The molecular formula is C12H23N5O3. The van der Waals surface area contributed by atoms with E-state index in [9.17, 15) is 10.1 Å². The lowest BCUT2D eigenvalue weighted by Crippen LogP contribution is -2.64. The van der Waals surface area contributed by atoms with Gasteiger partial charge in [-0.15, -0.1) is 0 Å². The lowest BCUT2D eigenvalue weighted by atomic mass is 10.1. The topological polar surface area (TPSA) is 74.5 Å². The highest BCUT2D eigenvalue weighted by molar-refractivity contribution is 5.80. The average Bonchev–Trinajstić information content (AvgIpc) is 2.83. The number of hydrazone groups is 1. The van der Waals surface area contributed by atoms with E-state index in [-0.39, 0.29) is 11.6 Å². The van der Waals surface area contributed by atoms with Crippen LogP contribution in [-0.2, 0) is 4.74 Å². The van der Waals surface area contributed by atoms with E-state index < -0.39 is 5.03 Å². The van der Waals surface area contributed by atoms with Gasteiger partial charge >= 0.3 is 0 Å². The number of nitro groups is 1. The number of hydrogen-bond acceptors (Lipinski definition) is 4. The van der Waals surface area contributed by atoms with Crippen LogP contribution >= 0.6 is 0 Å². The second kappa shape index (κ2) is 5.53. The fourth-order valence-electron chi connectivity index (χ4n) is 2.51. The summed E-state index contributed by atoms with van der Waals surface area (Å²) in [4.78, 5) is 16.9. The molecule has 0 spiro atoms. The molecule has 8 heteroatoms. The molecule has 1 atom stereocenters. The predicted octanol–water partition coefficient (Wildman–Crippen LogP) is 0.586. The van der Waals surface area contributed by atoms with Gasteiger partial charge in [-0.3, -0.25) is 4.90 Å². The summed E-state index contributed by atoms with van der Waals surface area (Å²) in [5.74, 6) is 0.422. The largest absolute Gasteiger partial charge is 0.379 e. The van der Waals surface area contributed by atoms with E-state index in [0.717, 1.165) is 6.42 Å². The second-order valence-electron chi connectivity index (χ2n) is 6.32. The smallest absolute Gasteiger partial charge is 0.276 e. The molecule has 2 aliphatic heterocycles. The molecule has 2 saturated heterocycles. The fourth-order valence-corrected chi connectivity index (χ4v) is 2.51. The van der Waals surface area contributed by atoms with Gasteiger partial charge in [0.15, 0.2) is 5.03 Å². The molecule has 20 heavy (non-hydrogen) atoms. The maximum absolute atomic E-state index is 10.8. The number of rotatable bonds is 2. The van der Waals surface area contributed by atoms with Gasteiger partial charge in [0.2, 0.25) is 0 Å². The minimum absolute atomic E-state index is 0.00782. The molecule has 0 saturated carbocycles. The summed E-state index contributed by atoms with van der Waals surface area (Å²) in [6.07, 6.45) is 0.878. The number of hydrogen-bond donors (Lipinski definition) is 0. The minimum Gasteiger partial charge on any atom is -0.379 e. The molecule has 0 aromatic rings. The molecule has 0 aromatic carbocycles. The first-order valence-corrected chi connectivity index (χ1v) is 6.82. The monoisotopic (exact) mass is 285 g/mol. The Kier molecular flexibility index (Phi) is 4.14. The van der Waals surface area contributed by atoms with Gasteiger partial charge in [-0.2, -0.15) is 0 Å². The van der Waals surface area contributed by atoms with Crippen molar-refractivity contribution < 1.29 is 9.77 Å². The molecule has 2 heterocycles. The van der Waals surface area contributed by atoms with Gasteiger partial charge < -0.3 is 14.5 Å². The molecule has 0 amide bonds. The third kappa shape index (κ3) is 3.18.